The highest BCUT2D eigenvalue weighted by Gasteiger charge is 2.27. The summed E-state index contributed by atoms with van der Waals surface area (Å²) in [5, 5.41) is 2.63. The van der Waals surface area contributed by atoms with E-state index < -0.39 is 11.8 Å². The van der Waals surface area contributed by atoms with E-state index in [-0.39, 0.29) is 0 Å². The van der Waals surface area contributed by atoms with E-state index in [1.807, 2.05) is 24.3 Å². The van der Waals surface area contributed by atoms with Gasteiger partial charge in [0.25, 0.3) is 0 Å². The Morgan fingerprint density at radius 2 is 1.55 bits per heavy atom. The summed E-state index contributed by atoms with van der Waals surface area (Å²) in [6.45, 7) is 2.13. The normalized spacial score (nSPS) is 13.6. The third-order valence-electron chi connectivity index (χ3n) is 4.84. The second-order valence-corrected chi connectivity index (χ2v) is 6.47. The van der Waals surface area contributed by atoms with Crippen LogP contribution in [0.5, 0.6) is 17.2 Å². The van der Waals surface area contributed by atoms with Gasteiger partial charge in [0, 0.05) is 32.2 Å². The number of anilines is 2. The number of hydrogen-bond donors (Lipinski definition) is 1. The molecule has 8 heteroatoms. The van der Waals surface area contributed by atoms with Crippen molar-refractivity contribution in [1.29, 1.82) is 0 Å². The molecule has 0 bridgehead atoms. The first kappa shape index (κ1) is 20.3. The van der Waals surface area contributed by atoms with Crippen LogP contribution in [0.2, 0.25) is 0 Å². The van der Waals surface area contributed by atoms with E-state index in [4.69, 9.17) is 14.2 Å². The Morgan fingerprint density at radius 3 is 2.21 bits per heavy atom. The number of carbonyl (C=O) groups excluding carboxylic acids is 2. The molecule has 1 heterocycles. The maximum absolute atomic E-state index is 12.6. The second-order valence-electron chi connectivity index (χ2n) is 6.47. The Balaban J connectivity index is 1.61. The maximum atomic E-state index is 12.6. The summed E-state index contributed by atoms with van der Waals surface area (Å²) in [6.07, 6.45) is 0. The van der Waals surface area contributed by atoms with Gasteiger partial charge in [0.1, 0.15) is 17.2 Å². The lowest BCUT2D eigenvalue weighted by Crippen LogP contribution is -2.51. The Morgan fingerprint density at radius 1 is 0.862 bits per heavy atom. The molecular weight excluding hydrogens is 374 g/mol. The average molecular weight is 399 g/mol. The molecule has 2 aromatic carbocycles. The number of ether oxygens (including phenoxy) is 3. The molecule has 29 heavy (non-hydrogen) atoms. The largest absolute Gasteiger partial charge is 0.497 e. The molecule has 0 aromatic heterocycles. The molecule has 154 valence electrons. The molecule has 8 nitrogen and oxygen atoms in total. The molecule has 0 aliphatic carbocycles. The Labute approximate surface area is 170 Å². The summed E-state index contributed by atoms with van der Waals surface area (Å²) in [5.74, 6) is 0.545. The van der Waals surface area contributed by atoms with Gasteiger partial charge in [-0.25, -0.2) is 0 Å². The van der Waals surface area contributed by atoms with Gasteiger partial charge in [-0.3, -0.25) is 9.59 Å². The SMILES string of the molecule is COc1ccc(NC(=O)C(=O)N2CCN(c3ccccc3OC)CC2)c(OC)c1. The quantitative estimate of drug-likeness (QED) is 0.775. The highest BCUT2D eigenvalue weighted by molar-refractivity contribution is 6.39. The maximum Gasteiger partial charge on any atom is 0.314 e. The second kappa shape index (κ2) is 9.18. The van der Waals surface area contributed by atoms with Crippen LogP contribution in [0.4, 0.5) is 11.4 Å². The molecule has 1 N–H and O–H groups in total. The summed E-state index contributed by atoms with van der Waals surface area (Å²) in [5.41, 5.74) is 1.40. The van der Waals surface area contributed by atoms with Crippen molar-refractivity contribution in [2.45, 2.75) is 0 Å². The number of para-hydroxylation sites is 2. The third kappa shape index (κ3) is 4.53. The molecule has 2 amide bonds. The van der Waals surface area contributed by atoms with Crippen LogP contribution >= 0.6 is 0 Å². The van der Waals surface area contributed by atoms with E-state index in [9.17, 15) is 9.59 Å². The lowest BCUT2D eigenvalue weighted by molar-refractivity contribution is -0.143. The zero-order valence-electron chi connectivity index (χ0n) is 16.8. The van der Waals surface area contributed by atoms with E-state index in [0.29, 0.717) is 43.4 Å². The number of benzene rings is 2. The molecule has 1 fully saturated rings. The van der Waals surface area contributed by atoms with Gasteiger partial charge in [-0.15, -0.1) is 0 Å². The van der Waals surface area contributed by atoms with Crippen LogP contribution in [0.25, 0.3) is 0 Å². The fourth-order valence-corrected chi connectivity index (χ4v) is 3.26. The molecule has 1 aliphatic rings. The smallest absolute Gasteiger partial charge is 0.314 e. The summed E-state index contributed by atoms with van der Waals surface area (Å²) >= 11 is 0. The predicted octanol–water partition coefficient (Wildman–Crippen LogP) is 2.00. The van der Waals surface area contributed by atoms with E-state index in [1.165, 1.54) is 7.11 Å². The first-order valence-corrected chi connectivity index (χ1v) is 9.27. The van der Waals surface area contributed by atoms with Crippen molar-refractivity contribution in [3.63, 3.8) is 0 Å². The van der Waals surface area contributed by atoms with Gasteiger partial charge in [-0.05, 0) is 24.3 Å². The number of carbonyl (C=O) groups is 2. The average Bonchev–Trinajstić information content (AvgIpc) is 2.78. The van der Waals surface area contributed by atoms with E-state index >= 15 is 0 Å². The molecule has 0 spiro atoms. The lowest BCUT2D eigenvalue weighted by atomic mass is 10.2. The standard InChI is InChI=1S/C21H25N3O5/c1-27-15-8-9-16(19(14-15)29-3)22-20(25)21(26)24-12-10-23(11-13-24)17-6-4-5-7-18(17)28-2/h4-9,14H,10-13H2,1-3H3,(H,22,25). The van der Waals surface area contributed by atoms with E-state index in [1.54, 1.807) is 37.3 Å². The molecule has 0 unspecified atom stereocenters. The number of nitrogens with zero attached hydrogens (tertiary/aromatic N) is 2. The van der Waals surface area contributed by atoms with Gasteiger partial charge >= 0.3 is 11.8 Å². The number of methoxy groups -OCH3 is 3. The summed E-state index contributed by atoms with van der Waals surface area (Å²) in [7, 11) is 4.67. The predicted molar refractivity (Wildman–Crippen MR) is 110 cm³/mol. The van der Waals surface area contributed by atoms with Crippen molar-refractivity contribution >= 4 is 23.2 Å². The van der Waals surface area contributed by atoms with Crippen LogP contribution in [-0.4, -0.2) is 64.2 Å². The number of amides is 2. The molecule has 1 aliphatic heterocycles. The first-order chi connectivity index (χ1) is 14.1. The highest BCUT2D eigenvalue weighted by atomic mass is 16.5. The molecule has 0 saturated carbocycles. The van der Waals surface area contributed by atoms with Gasteiger partial charge in [0.15, 0.2) is 0 Å². The van der Waals surface area contributed by atoms with Gasteiger partial charge in [0.05, 0.1) is 32.7 Å². The minimum absolute atomic E-state index is 0.416. The third-order valence-corrected chi connectivity index (χ3v) is 4.84. The van der Waals surface area contributed by atoms with Crippen molar-refractivity contribution in [2.24, 2.45) is 0 Å². The molecule has 0 atom stereocenters. The van der Waals surface area contributed by atoms with E-state index in [2.05, 4.69) is 10.2 Å². The first-order valence-electron chi connectivity index (χ1n) is 9.27. The van der Waals surface area contributed by atoms with Crippen molar-refractivity contribution in [2.75, 3.05) is 57.7 Å². The van der Waals surface area contributed by atoms with Crippen LogP contribution in [0.3, 0.4) is 0 Å². The zero-order chi connectivity index (χ0) is 20.8. The number of rotatable bonds is 5. The van der Waals surface area contributed by atoms with Crippen molar-refractivity contribution < 1.29 is 23.8 Å². The molecule has 2 aromatic rings. The molecular formula is C21H25N3O5. The topological polar surface area (TPSA) is 80.3 Å². The molecule has 1 saturated heterocycles. The Kier molecular flexibility index (Phi) is 6.43. The lowest BCUT2D eigenvalue weighted by Gasteiger charge is -2.36. The van der Waals surface area contributed by atoms with Crippen molar-refractivity contribution in [3.8, 4) is 17.2 Å². The Bertz CT molecular complexity index is 878. The van der Waals surface area contributed by atoms with Crippen LogP contribution in [0.1, 0.15) is 0 Å². The minimum atomic E-state index is -0.695. The summed E-state index contributed by atoms with van der Waals surface area (Å²) in [6, 6.07) is 12.7. The van der Waals surface area contributed by atoms with E-state index in [0.717, 1.165) is 11.4 Å². The van der Waals surface area contributed by atoms with Gasteiger partial charge in [-0.1, -0.05) is 12.1 Å². The van der Waals surface area contributed by atoms with Crippen molar-refractivity contribution in [1.82, 2.24) is 4.90 Å². The zero-order valence-corrected chi connectivity index (χ0v) is 16.8. The van der Waals surface area contributed by atoms with Gasteiger partial charge in [0.2, 0.25) is 0 Å². The molecule has 3 rings (SSSR count). The van der Waals surface area contributed by atoms with Crippen LogP contribution in [0, 0.1) is 0 Å². The van der Waals surface area contributed by atoms with Crippen molar-refractivity contribution in [3.05, 3.63) is 42.5 Å². The monoisotopic (exact) mass is 399 g/mol. The van der Waals surface area contributed by atoms with Gasteiger partial charge < -0.3 is 29.3 Å². The molecule has 0 radical (unpaired) electrons. The highest BCUT2D eigenvalue weighted by Crippen LogP contribution is 2.30. The fraction of sp³-hybridized carbons (Fsp3) is 0.333. The van der Waals surface area contributed by atoms with Crippen LogP contribution in [0.15, 0.2) is 42.5 Å². The minimum Gasteiger partial charge on any atom is -0.497 e. The van der Waals surface area contributed by atoms with Crippen LogP contribution in [-0.2, 0) is 9.59 Å². The number of hydrogen-bond acceptors (Lipinski definition) is 6. The number of piperazine rings is 1. The number of nitrogens with one attached hydrogen (secondary N) is 1. The fourth-order valence-electron chi connectivity index (χ4n) is 3.26. The van der Waals surface area contributed by atoms with Crippen LogP contribution < -0.4 is 24.4 Å². The Hall–Kier alpha value is -3.42. The summed E-state index contributed by atoms with van der Waals surface area (Å²) in [4.78, 5) is 28.8. The van der Waals surface area contributed by atoms with Gasteiger partial charge in [-0.2, -0.15) is 0 Å². The summed E-state index contributed by atoms with van der Waals surface area (Å²) < 4.78 is 15.8.